The van der Waals surface area contributed by atoms with Gasteiger partial charge >= 0.3 is 0 Å². The molecule has 0 heterocycles. The van der Waals surface area contributed by atoms with E-state index in [4.69, 9.17) is 0 Å². The molecule has 1 aromatic carbocycles. The third-order valence-electron chi connectivity index (χ3n) is 4.75. The molecular formula is C20H26. The van der Waals surface area contributed by atoms with E-state index < -0.39 is 0 Å². The predicted octanol–water partition coefficient (Wildman–Crippen LogP) is 5.66. The summed E-state index contributed by atoms with van der Waals surface area (Å²) in [5.74, 6) is 0. The Kier molecular flexibility index (Phi) is 2.80. The topological polar surface area (TPSA) is 0 Å². The van der Waals surface area contributed by atoms with Crippen LogP contribution in [0.25, 0.3) is 12.2 Å². The molecule has 0 amide bonds. The summed E-state index contributed by atoms with van der Waals surface area (Å²) >= 11 is 0. The standard InChI is InChI=1S/C20H26/c1-19(2,3)17-9-13-7-15-11-18(20(4,5)6)12-16(15)8-14(13)10-17/h7-9,12H,10-11H2,1-6H3. The van der Waals surface area contributed by atoms with Gasteiger partial charge in [-0.2, -0.15) is 0 Å². The molecule has 1 aromatic rings. The van der Waals surface area contributed by atoms with Crippen LogP contribution in [-0.2, 0) is 12.8 Å². The second-order valence-corrected chi connectivity index (χ2v) is 8.44. The number of allylic oxidation sites excluding steroid dienone is 2. The fourth-order valence-electron chi connectivity index (χ4n) is 3.15. The van der Waals surface area contributed by atoms with Gasteiger partial charge < -0.3 is 0 Å². The van der Waals surface area contributed by atoms with Crippen LogP contribution < -0.4 is 0 Å². The molecule has 0 atom stereocenters. The Hall–Kier alpha value is -1.30. The average Bonchev–Trinajstić information content (AvgIpc) is 2.85. The molecule has 0 saturated heterocycles. The second kappa shape index (κ2) is 4.10. The first kappa shape index (κ1) is 13.7. The third-order valence-corrected chi connectivity index (χ3v) is 4.75. The highest BCUT2D eigenvalue weighted by Crippen LogP contribution is 2.41. The lowest BCUT2D eigenvalue weighted by molar-refractivity contribution is 0.498. The van der Waals surface area contributed by atoms with Gasteiger partial charge in [0, 0.05) is 0 Å². The van der Waals surface area contributed by atoms with Gasteiger partial charge in [-0.3, -0.25) is 0 Å². The molecule has 2 aliphatic carbocycles. The minimum absolute atomic E-state index is 0.288. The Morgan fingerprint density at radius 2 is 1.00 bits per heavy atom. The molecule has 0 spiro atoms. The summed E-state index contributed by atoms with van der Waals surface area (Å²) in [5, 5.41) is 0. The first-order chi connectivity index (χ1) is 9.14. The molecule has 0 unspecified atom stereocenters. The zero-order valence-electron chi connectivity index (χ0n) is 13.7. The maximum absolute atomic E-state index is 2.43. The summed E-state index contributed by atoms with van der Waals surface area (Å²) in [6.45, 7) is 13.9. The van der Waals surface area contributed by atoms with Crippen molar-refractivity contribution in [2.24, 2.45) is 10.8 Å². The van der Waals surface area contributed by atoms with E-state index in [2.05, 4.69) is 65.8 Å². The number of rotatable bonds is 0. The molecule has 0 nitrogen and oxygen atoms in total. The van der Waals surface area contributed by atoms with Gasteiger partial charge in [0.15, 0.2) is 0 Å². The molecule has 106 valence electrons. The molecular weight excluding hydrogens is 240 g/mol. The summed E-state index contributed by atoms with van der Waals surface area (Å²) < 4.78 is 0. The normalized spacial score (nSPS) is 17.7. The largest absolute Gasteiger partial charge is 0.0598 e. The predicted molar refractivity (Wildman–Crippen MR) is 88.7 cm³/mol. The summed E-state index contributed by atoms with van der Waals surface area (Å²) in [6.07, 6.45) is 7.10. The van der Waals surface area contributed by atoms with E-state index in [-0.39, 0.29) is 10.8 Å². The number of hydrogen-bond acceptors (Lipinski definition) is 0. The molecule has 0 heteroatoms. The van der Waals surface area contributed by atoms with E-state index in [1.54, 1.807) is 11.1 Å². The summed E-state index contributed by atoms with van der Waals surface area (Å²) in [7, 11) is 0. The fourth-order valence-corrected chi connectivity index (χ4v) is 3.15. The highest BCUT2D eigenvalue weighted by Gasteiger charge is 2.27. The van der Waals surface area contributed by atoms with Crippen molar-refractivity contribution in [3.8, 4) is 0 Å². The summed E-state index contributed by atoms with van der Waals surface area (Å²) in [5.41, 5.74) is 9.65. The molecule has 0 fully saturated rings. The van der Waals surface area contributed by atoms with Crippen molar-refractivity contribution in [2.75, 3.05) is 0 Å². The van der Waals surface area contributed by atoms with Crippen molar-refractivity contribution in [3.63, 3.8) is 0 Å². The van der Waals surface area contributed by atoms with Crippen LogP contribution in [0.15, 0.2) is 23.3 Å². The minimum Gasteiger partial charge on any atom is -0.0598 e. The summed E-state index contributed by atoms with van der Waals surface area (Å²) in [4.78, 5) is 0. The van der Waals surface area contributed by atoms with Crippen LogP contribution in [0, 0.1) is 10.8 Å². The summed E-state index contributed by atoms with van der Waals surface area (Å²) in [6, 6.07) is 4.86. The smallest absolute Gasteiger partial charge is 0.00524 e. The molecule has 0 bridgehead atoms. The van der Waals surface area contributed by atoms with E-state index >= 15 is 0 Å². The zero-order chi connectivity index (χ0) is 14.7. The number of hydrogen-bond donors (Lipinski definition) is 0. The van der Waals surface area contributed by atoms with Gasteiger partial charge in [-0.1, -0.05) is 77.0 Å². The van der Waals surface area contributed by atoms with Crippen molar-refractivity contribution < 1.29 is 0 Å². The highest BCUT2D eigenvalue weighted by molar-refractivity contribution is 5.73. The van der Waals surface area contributed by atoms with Crippen LogP contribution in [0.1, 0.15) is 63.8 Å². The third kappa shape index (κ3) is 2.26. The fraction of sp³-hybridized carbons (Fsp3) is 0.500. The second-order valence-electron chi connectivity index (χ2n) is 8.44. The van der Waals surface area contributed by atoms with Crippen LogP contribution >= 0.6 is 0 Å². The van der Waals surface area contributed by atoms with Crippen molar-refractivity contribution in [1.29, 1.82) is 0 Å². The molecule has 2 aliphatic rings. The van der Waals surface area contributed by atoms with E-state index in [0.29, 0.717) is 0 Å². The molecule has 0 saturated carbocycles. The van der Waals surface area contributed by atoms with E-state index in [1.165, 1.54) is 22.3 Å². The van der Waals surface area contributed by atoms with Crippen LogP contribution in [-0.4, -0.2) is 0 Å². The molecule has 0 aromatic heterocycles. The van der Waals surface area contributed by atoms with Crippen molar-refractivity contribution >= 4 is 12.2 Å². The lowest BCUT2D eigenvalue weighted by Gasteiger charge is -2.20. The van der Waals surface area contributed by atoms with E-state index in [0.717, 1.165) is 12.8 Å². The van der Waals surface area contributed by atoms with Crippen LogP contribution in [0.4, 0.5) is 0 Å². The Balaban J connectivity index is 1.95. The van der Waals surface area contributed by atoms with Gasteiger partial charge in [-0.15, -0.1) is 0 Å². The maximum Gasteiger partial charge on any atom is -0.00524 e. The van der Waals surface area contributed by atoms with Gasteiger partial charge in [0.1, 0.15) is 0 Å². The Bertz CT molecular complexity index is 567. The molecule has 0 radical (unpaired) electrons. The Morgan fingerprint density at radius 1 is 0.650 bits per heavy atom. The minimum atomic E-state index is 0.288. The number of fused-ring (bicyclic) bond motifs is 2. The van der Waals surface area contributed by atoms with Crippen molar-refractivity contribution in [3.05, 3.63) is 45.5 Å². The number of benzene rings is 1. The first-order valence-electron chi connectivity index (χ1n) is 7.72. The highest BCUT2D eigenvalue weighted by atomic mass is 14.3. The Labute approximate surface area is 123 Å². The Morgan fingerprint density at radius 3 is 1.30 bits per heavy atom. The van der Waals surface area contributed by atoms with Crippen LogP contribution in [0.2, 0.25) is 0 Å². The van der Waals surface area contributed by atoms with Gasteiger partial charge in [0.2, 0.25) is 0 Å². The quantitative estimate of drug-likeness (QED) is 0.568. The van der Waals surface area contributed by atoms with Gasteiger partial charge in [-0.05, 0) is 45.9 Å². The van der Waals surface area contributed by atoms with Crippen LogP contribution in [0.5, 0.6) is 0 Å². The van der Waals surface area contributed by atoms with Crippen LogP contribution in [0.3, 0.4) is 0 Å². The molecule has 20 heavy (non-hydrogen) atoms. The lowest BCUT2D eigenvalue weighted by Crippen LogP contribution is -2.08. The van der Waals surface area contributed by atoms with Crippen molar-refractivity contribution in [1.82, 2.24) is 0 Å². The average molecular weight is 266 g/mol. The molecule has 0 N–H and O–H groups in total. The SMILES string of the molecule is CC(C)(C)C1=Cc2cc3c(cc2C1)C=C(C(C)(C)C)C3. The first-order valence-corrected chi connectivity index (χ1v) is 7.72. The lowest BCUT2D eigenvalue weighted by atomic mass is 9.85. The zero-order valence-corrected chi connectivity index (χ0v) is 13.7. The van der Waals surface area contributed by atoms with E-state index in [9.17, 15) is 0 Å². The monoisotopic (exact) mass is 266 g/mol. The molecule has 3 rings (SSSR count). The van der Waals surface area contributed by atoms with Gasteiger partial charge in [0.25, 0.3) is 0 Å². The van der Waals surface area contributed by atoms with Gasteiger partial charge in [0.05, 0.1) is 0 Å². The molecule has 0 aliphatic heterocycles. The van der Waals surface area contributed by atoms with Crippen molar-refractivity contribution in [2.45, 2.75) is 54.4 Å². The maximum atomic E-state index is 2.43. The van der Waals surface area contributed by atoms with Gasteiger partial charge in [-0.25, -0.2) is 0 Å². The van der Waals surface area contributed by atoms with E-state index in [1.807, 2.05) is 0 Å².